The Balaban J connectivity index is 0.815. The summed E-state index contributed by atoms with van der Waals surface area (Å²) in [6.07, 6.45) is 8.59. The van der Waals surface area contributed by atoms with Crippen LogP contribution in [-0.4, -0.2) is 146 Å². The van der Waals surface area contributed by atoms with Crippen LogP contribution in [0.3, 0.4) is 0 Å². The molecule has 7 aromatic rings. The molecule has 2 fully saturated rings. The number of pyridine rings is 4. The molecule has 4 N–H and O–H groups in total. The third-order valence-corrected chi connectivity index (χ3v) is 16.7. The monoisotopic (exact) mass is 1270 g/mol. The average molecular weight is 1270 g/mol. The molecule has 1 saturated carbocycles. The highest BCUT2D eigenvalue weighted by molar-refractivity contribution is 6.30. The molecule has 1 aliphatic heterocycles. The van der Waals surface area contributed by atoms with E-state index < -0.39 is 35.7 Å². The third kappa shape index (κ3) is 21.2. The minimum Gasteiger partial charge on any atom is -0.494 e. The van der Waals surface area contributed by atoms with E-state index in [0.717, 1.165) is 82.9 Å². The van der Waals surface area contributed by atoms with E-state index in [1.165, 1.54) is 0 Å². The minimum absolute atomic E-state index is 0.0901. The number of carbonyl (C=O) groups is 3. The lowest BCUT2D eigenvalue weighted by molar-refractivity contribution is -0.139. The van der Waals surface area contributed by atoms with Gasteiger partial charge in [0.1, 0.15) is 18.0 Å². The molecule has 9 rings (SSSR count). The molecule has 1 aliphatic carbocycles. The number of nitrogens with one attached hydrogen (secondary N) is 2. The molecule has 92 heavy (non-hydrogen) atoms. The predicted octanol–water partition coefficient (Wildman–Crippen LogP) is 9.48. The highest BCUT2D eigenvalue weighted by Gasteiger charge is 2.44. The van der Waals surface area contributed by atoms with E-state index in [1.807, 2.05) is 139 Å². The molecule has 21 nitrogen and oxygen atoms in total. The summed E-state index contributed by atoms with van der Waals surface area (Å²) in [4.78, 5) is 69.2. The number of nitrogens with zero attached hydrogens (tertiary/aromatic N) is 10. The number of hydrogen-bond acceptors (Lipinski definition) is 16. The molecule has 0 bridgehead atoms. The van der Waals surface area contributed by atoms with Crippen molar-refractivity contribution >= 4 is 29.3 Å². The Hall–Kier alpha value is -8.21. The molecular formula is C70H83ClN12O9. The van der Waals surface area contributed by atoms with Gasteiger partial charge in [-0.1, -0.05) is 90.6 Å². The fourth-order valence-corrected chi connectivity index (χ4v) is 12.0. The SMILES string of the molecule is [N-]=[N+]=NC[C@H]1O[C@H](CC(=O)NCCOCCOCCNC(=O)c2ccc(CN(CCCCOc3cc(CN(Cc4ccccn4)Cc4ccccn4)cc(CN(Cc4ccccn4)Cc4ccccn4)c3)C(=O)C3(c4ccc(Cl)cc4)CCCCC3)cc2)[C@H](O)[C@@H]1O. The lowest BCUT2D eigenvalue weighted by atomic mass is 9.68. The fourth-order valence-electron chi connectivity index (χ4n) is 11.9. The van der Waals surface area contributed by atoms with Gasteiger partial charge in [0.15, 0.2) is 0 Å². The summed E-state index contributed by atoms with van der Waals surface area (Å²) in [5, 5.41) is 29.9. The number of halogens is 1. The van der Waals surface area contributed by atoms with Crippen molar-refractivity contribution in [2.75, 3.05) is 59.2 Å². The van der Waals surface area contributed by atoms with Crippen molar-refractivity contribution in [1.29, 1.82) is 0 Å². The van der Waals surface area contributed by atoms with Crippen LogP contribution in [0, 0.1) is 0 Å². The zero-order valence-electron chi connectivity index (χ0n) is 52.0. The number of carbonyl (C=O) groups excluding carboxylic acids is 3. The summed E-state index contributed by atoms with van der Waals surface area (Å²) in [6, 6.07) is 45.7. The summed E-state index contributed by atoms with van der Waals surface area (Å²) in [7, 11) is 0. The van der Waals surface area contributed by atoms with Crippen LogP contribution in [0.15, 0.2) is 169 Å². The standard InChI is InChI=1S/C70H83ClN12O9/c71-57-24-22-56(23-25-57)70(26-6-1-7-27-70)69(88)83(47-52-18-20-55(21-19-52)68(87)78-33-37-90-39-38-89-36-32-77-65(84)43-63-66(85)67(86)64(92-63)44-79-80-72)34-12-13-35-91-62-41-53(45-81(48-58-14-2-8-28-73-58)49-59-15-3-9-29-74-59)40-54(42-62)46-82(50-60-16-4-10-30-75-60)51-61-17-5-11-31-76-61/h2-5,8-11,14-25,28-31,40-42,63-64,66-67,85-86H,1,6-7,12-13,26-27,32-39,43-51H2,(H,77,84)(H,78,87)/t63-,64-,66+,67-/m1/s1. The molecule has 4 aromatic heterocycles. The Bertz CT molecular complexity index is 3220. The van der Waals surface area contributed by atoms with Crippen LogP contribution in [-0.2, 0) is 75.0 Å². The lowest BCUT2D eigenvalue weighted by Crippen LogP contribution is -2.48. The fraction of sp³-hybridized carbons (Fsp3) is 0.414. The molecular weight excluding hydrogens is 1190 g/mol. The Labute approximate surface area is 543 Å². The second kappa shape index (κ2) is 36.1. The van der Waals surface area contributed by atoms with Gasteiger partial charge in [0, 0.05) is 106 Å². The topological polar surface area (TPSA) is 263 Å². The predicted molar refractivity (Wildman–Crippen MR) is 348 cm³/mol. The van der Waals surface area contributed by atoms with E-state index >= 15 is 4.79 Å². The summed E-state index contributed by atoms with van der Waals surface area (Å²) >= 11 is 6.42. The Morgan fingerprint density at radius 1 is 0.609 bits per heavy atom. The first-order chi connectivity index (χ1) is 45.0. The molecule has 0 unspecified atom stereocenters. The van der Waals surface area contributed by atoms with Gasteiger partial charge in [-0.3, -0.25) is 44.1 Å². The van der Waals surface area contributed by atoms with Crippen molar-refractivity contribution < 1.29 is 43.5 Å². The van der Waals surface area contributed by atoms with Gasteiger partial charge in [0.2, 0.25) is 11.8 Å². The molecule has 4 atom stereocenters. The van der Waals surface area contributed by atoms with Crippen molar-refractivity contribution in [1.82, 2.24) is 45.3 Å². The maximum absolute atomic E-state index is 15.4. The number of unbranched alkanes of at least 4 members (excludes halogenated alkanes) is 1. The van der Waals surface area contributed by atoms with Crippen LogP contribution < -0.4 is 15.4 Å². The molecule has 1 saturated heterocycles. The summed E-state index contributed by atoms with van der Waals surface area (Å²) < 4.78 is 23.5. The Kier molecular flexibility index (Phi) is 26.8. The Morgan fingerprint density at radius 3 is 1.66 bits per heavy atom. The van der Waals surface area contributed by atoms with Gasteiger partial charge in [-0.15, -0.1) is 0 Å². The average Bonchev–Trinajstić information content (AvgIpc) is 1.02. The molecule has 484 valence electrons. The van der Waals surface area contributed by atoms with Gasteiger partial charge in [0.05, 0.1) is 86.4 Å². The maximum Gasteiger partial charge on any atom is 0.251 e. The normalized spacial score (nSPS) is 16.8. The zero-order chi connectivity index (χ0) is 64.2. The summed E-state index contributed by atoms with van der Waals surface area (Å²) in [5.41, 5.74) is 16.2. The number of ether oxygens (including phenoxy) is 4. The van der Waals surface area contributed by atoms with Crippen LogP contribution in [0.25, 0.3) is 10.4 Å². The van der Waals surface area contributed by atoms with Gasteiger partial charge in [-0.05, 0) is 138 Å². The second-order valence-corrected chi connectivity index (χ2v) is 23.8. The maximum atomic E-state index is 15.4. The molecule has 5 heterocycles. The van der Waals surface area contributed by atoms with Crippen LogP contribution in [0.4, 0.5) is 0 Å². The second-order valence-electron chi connectivity index (χ2n) is 23.3. The van der Waals surface area contributed by atoms with Crippen LogP contribution in [0.2, 0.25) is 5.02 Å². The third-order valence-electron chi connectivity index (χ3n) is 16.4. The highest BCUT2D eigenvalue weighted by Crippen LogP contribution is 2.42. The van der Waals surface area contributed by atoms with Gasteiger partial charge < -0.3 is 44.7 Å². The molecule has 3 aromatic carbocycles. The first-order valence-electron chi connectivity index (χ1n) is 31.7. The first-order valence-corrected chi connectivity index (χ1v) is 32.1. The van der Waals surface area contributed by atoms with E-state index in [-0.39, 0.29) is 64.3 Å². The number of aromatic nitrogens is 4. The van der Waals surface area contributed by atoms with Crippen molar-refractivity contribution in [3.8, 4) is 5.75 Å². The van der Waals surface area contributed by atoms with Crippen LogP contribution >= 0.6 is 11.6 Å². The highest BCUT2D eigenvalue weighted by atomic mass is 35.5. The number of rotatable bonds is 36. The van der Waals surface area contributed by atoms with Crippen molar-refractivity contribution in [2.24, 2.45) is 5.11 Å². The molecule has 0 spiro atoms. The Morgan fingerprint density at radius 2 is 1.14 bits per heavy atom. The van der Waals surface area contributed by atoms with Crippen molar-refractivity contribution in [3.63, 3.8) is 0 Å². The number of aliphatic hydroxyl groups is 2. The number of azide groups is 1. The van der Waals surface area contributed by atoms with E-state index in [1.54, 1.807) is 12.1 Å². The van der Waals surface area contributed by atoms with E-state index in [2.05, 4.69) is 68.6 Å². The van der Waals surface area contributed by atoms with Crippen LogP contribution in [0.5, 0.6) is 5.75 Å². The number of hydrogen-bond donors (Lipinski definition) is 4. The molecule has 3 amide bonds. The largest absolute Gasteiger partial charge is 0.494 e. The molecule has 0 radical (unpaired) electrons. The van der Waals surface area contributed by atoms with E-state index in [4.69, 9.17) is 36.1 Å². The summed E-state index contributed by atoms with van der Waals surface area (Å²) in [6.45, 7) is 6.32. The van der Waals surface area contributed by atoms with Crippen LogP contribution in [0.1, 0.15) is 107 Å². The van der Waals surface area contributed by atoms with E-state index in [0.29, 0.717) is 82.4 Å². The number of aliphatic hydroxyl groups excluding tert-OH is 2. The van der Waals surface area contributed by atoms with Gasteiger partial charge in [-0.25, -0.2) is 0 Å². The van der Waals surface area contributed by atoms with Gasteiger partial charge in [-0.2, -0.15) is 0 Å². The molecule has 2 aliphatic rings. The molecule has 22 heteroatoms. The van der Waals surface area contributed by atoms with Crippen molar-refractivity contribution in [3.05, 3.63) is 230 Å². The minimum atomic E-state index is -1.28. The quantitative estimate of drug-likeness (QED) is 0.0123. The smallest absolute Gasteiger partial charge is 0.251 e. The lowest BCUT2D eigenvalue weighted by Gasteiger charge is -2.40. The summed E-state index contributed by atoms with van der Waals surface area (Å²) in [5.74, 6) is 0.208. The zero-order valence-corrected chi connectivity index (χ0v) is 52.7. The van der Waals surface area contributed by atoms with Crippen molar-refractivity contribution in [2.45, 2.75) is 127 Å². The van der Waals surface area contributed by atoms with Gasteiger partial charge >= 0.3 is 0 Å². The first kappa shape index (κ1) is 68.2. The number of benzene rings is 3. The van der Waals surface area contributed by atoms with E-state index in [9.17, 15) is 19.8 Å². The van der Waals surface area contributed by atoms with Gasteiger partial charge in [0.25, 0.3) is 5.91 Å². The number of amides is 3.